The molecule has 0 saturated heterocycles. The van der Waals surface area contributed by atoms with E-state index in [-0.39, 0.29) is 5.75 Å². The summed E-state index contributed by atoms with van der Waals surface area (Å²) in [6.45, 7) is 0. The molecule has 0 aliphatic carbocycles. The molecule has 1 aromatic heterocycles. The quantitative estimate of drug-likeness (QED) is 0.343. The molecular formula is C15H7F2I2NO3S. The van der Waals surface area contributed by atoms with Gasteiger partial charge in [-0.2, -0.15) is 8.42 Å². The molecule has 0 unspecified atom stereocenters. The van der Waals surface area contributed by atoms with Gasteiger partial charge in [0.05, 0.1) is 3.57 Å². The topological polar surface area (TPSA) is 56.3 Å². The van der Waals surface area contributed by atoms with Gasteiger partial charge in [-0.1, -0.05) is 6.07 Å². The molecule has 24 heavy (non-hydrogen) atoms. The zero-order valence-electron chi connectivity index (χ0n) is 11.6. The molecule has 0 atom stereocenters. The second-order valence-corrected chi connectivity index (χ2v) is 8.55. The van der Waals surface area contributed by atoms with E-state index in [9.17, 15) is 17.2 Å². The van der Waals surface area contributed by atoms with Gasteiger partial charge in [0.15, 0.2) is 17.4 Å². The summed E-state index contributed by atoms with van der Waals surface area (Å²) in [6, 6.07) is 7.53. The fourth-order valence-electron chi connectivity index (χ4n) is 2.02. The molecule has 3 aromatic rings. The van der Waals surface area contributed by atoms with Crippen LogP contribution in [0.5, 0.6) is 5.75 Å². The van der Waals surface area contributed by atoms with E-state index in [2.05, 4.69) is 27.6 Å². The van der Waals surface area contributed by atoms with Gasteiger partial charge in [-0.05, 0) is 75.5 Å². The average Bonchev–Trinajstić information content (AvgIpc) is 2.54. The molecule has 0 amide bonds. The molecule has 0 aliphatic rings. The van der Waals surface area contributed by atoms with Crippen LogP contribution < -0.4 is 4.18 Å². The smallest absolute Gasteiger partial charge is 0.339 e. The number of fused-ring (bicyclic) bond motifs is 1. The van der Waals surface area contributed by atoms with E-state index in [4.69, 9.17) is 4.18 Å². The van der Waals surface area contributed by atoms with Crippen LogP contribution in [0, 0.1) is 18.8 Å². The number of halogens is 4. The number of nitrogens with zero attached hydrogens (tertiary/aromatic N) is 1. The van der Waals surface area contributed by atoms with Crippen LogP contribution in [0.4, 0.5) is 8.78 Å². The van der Waals surface area contributed by atoms with E-state index in [0.29, 0.717) is 15.2 Å². The van der Waals surface area contributed by atoms with Crippen LogP contribution in [0.3, 0.4) is 0 Å². The van der Waals surface area contributed by atoms with Crippen molar-refractivity contribution in [1.29, 1.82) is 0 Å². The van der Waals surface area contributed by atoms with E-state index in [1.807, 2.05) is 22.6 Å². The van der Waals surface area contributed by atoms with Crippen molar-refractivity contribution in [3.63, 3.8) is 0 Å². The van der Waals surface area contributed by atoms with Crippen LogP contribution >= 0.6 is 45.2 Å². The van der Waals surface area contributed by atoms with Crippen molar-refractivity contribution < 1.29 is 21.4 Å². The van der Waals surface area contributed by atoms with Crippen molar-refractivity contribution >= 4 is 66.2 Å². The first-order valence-electron chi connectivity index (χ1n) is 6.42. The Morgan fingerprint density at radius 3 is 2.46 bits per heavy atom. The average molecular weight is 573 g/mol. The first-order valence-corrected chi connectivity index (χ1v) is 9.98. The molecule has 9 heteroatoms. The summed E-state index contributed by atoms with van der Waals surface area (Å²) in [5.74, 6) is -2.35. The van der Waals surface area contributed by atoms with Crippen LogP contribution in [0.25, 0.3) is 10.9 Å². The SMILES string of the molecule is O=S(=O)(Oc1c(I)cc(I)c2cccnc12)c1ccc(F)c(F)c1. The summed E-state index contributed by atoms with van der Waals surface area (Å²) in [4.78, 5) is 3.71. The Morgan fingerprint density at radius 1 is 1.00 bits per heavy atom. The minimum absolute atomic E-state index is 0.0522. The lowest BCUT2D eigenvalue weighted by Gasteiger charge is -2.12. The summed E-state index contributed by atoms with van der Waals surface area (Å²) in [7, 11) is -4.33. The summed E-state index contributed by atoms with van der Waals surface area (Å²) in [5, 5.41) is 0.731. The van der Waals surface area contributed by atoms with Gasteiger partial charge in [-0.3, -0.25) is 4.98 Å². The maximum absolute atomic E-state index is 13.3. The molecule has 0 fully saturated rings. The Kier molecular flexibility index (Phi) is 4.93. The van der Waals surface area contributed by atoms with Crippen LogP contribution in [0.2, 0.25) is 0 Å². The number of rotatable bonds is 3. The van der Waals surface area contributed by atoms with Gasteiger partial charge in [0, 0.05) is 15.2 Å². The Labute approximate surface area is 163 Å². The normalized spacial score (nSPS) is 11.7. The molecule has 0 bridgehead atoms. The molecule has 0 radical (unpaired) electrons. The first kappa shape index (κ1) is 17.7. The third-order valence-corrected chi connectivity index (χ3v) is 6.03. The van der Waals surface area contributed by atoms with Crippen molar-refractivity contribution in [3.05, 3.63) is 61.4 Å². The summed E-state index contributed by atoms with van der Waals surface area (Å²) >= 11 is 4.05. The van der Waals surface area contributed by atoms with E-state index >= 15 is 0 Å². The first-order chi connectivity index (χ1) is 11.3. The van der Waals surface area contributed by atoms with Gasteiger partial charge in [0.25, 0.3) is 0 Å². The number of benzene rings is 2. The van der Waals surface area contributed by atoms with Crippen LogP contribution in [-0.4, -0.2) is 13.4 Å². The number of hydrogen-bond acceptors (Lipinski definition) is 4. The molecule has 3 rings (SSSR count). The number of pyridine rings is 1. The van der Waals surface area contributed by atoms with E-state index in [1.165, 1.54) is 6.20 Å². The van der Waals surface area contributed by atoms with Crippen molar-refractivity contribution in [1.82, 2.24) is 4.98 Å². The van der Waals surface area contributed by atoms with E-state index in [1.54, 1.807) is 18.2 Å². The molecule has 2 aromatic carbocycles. The van der Waals surface area contributed by atoms with Gasteiger partial charge in [0.2, 0.25) is 0 Å². The third kappa shape index (κ3) is 3.33. The van der Waals surface area contributed by atoms with Gasteiger partial charge < -0.3 is 4.18 Å². The van der Waals surface area contributed by atoms with Crippen molar-refractivity contribution in [2.45, 2.75) is 4.90 Å². The molecule has 0 N–H and O–H groups in total. The molecule has 0 saturated carbocycles. The van der Waals surface area contributed by atoms with Gasteiger partial charge >= 0.3 is 10.1 Å². The lowest BCUT2D eigenvalue weighted by atomic mass is 10.2. The monoisotopic (exact) mass is 573 g/mol. The molecule has 0 aliphatic heterocycles. The Bertz CT molecular complexity index is 1060. The summed E-state index contributed by atoms with van der Waals surface area (Å²) < 4.78 is 57.7. The predicted octanol–water partition coefficient (Wildman–Crippen LogP) is 4.49. The molecular weight excluding hydrogens is 566 g/mol. The molecule has 0 spiro atoms. The number of hydrogen-bond donors (Lipinski definition) is 0. The minimum atomic E-state index is -4.33. The minimum Gasteiger partial charge on any atom is -0.375 e. The van der Waals surface area contributed by atoms with E-state index in [0.717, 1.165) is 21.1 Å². The van der Waals surface area contributed by atoms with E-state index < -0.39 is 26.6 Å². The second kappa shape index (κ2) is 6.67. The highest BCUT2D eigenvalue weighted by Gasteiger charge is 2.23. The fraction of sp³-hybridized carbons (Fsp3) is 0. The maximum Gasteiger partial charge on any atom is 0.339 e. The Balaban J connectivity index is 2.14. The standard InChI is InChI=1S/C15H7F2I2NO3S/c16-10-4-3-8(6-11(10)17)24(21,22)23-15-13(19)7-12(18)9-2-1-5-20-14(9)15/h1-7H. The maximum atomic E-state index is 13.3. The van der Waals surface area contributed by atoms with Crippen molar-refractivity contribution in [3.8, 4) is 5.75 Å². The van der Waals surface area contributed by atoms with Crippen molar-refractivity contribution in [2.75, 3.05) is 0 Å². The summed E-state index contributed by atoms with van der Waals surface area (Å²) in [5.41, 5.74) is 0.375. The molecule has 4 nitrogen and oxygen atoms in total. The van der Waals surface area contributed by atoms with Crippen LogP contribution in [0.15, 0.2) is 47.5 Å². The van der Waals surface area contributed by atoms with Crippen LogP contribution in [0.1, 0.15) is 0 Å². The van der Waals surface area contributed by atoms with Gasteiger partial charge in [-0.25, -0.2) is 8.78 Å². The van der Waals surface area contributed by atoms with Gasteiger partial charge in [0.1, 0.15) is 10.4 Å². The lowest BCUT2D eigenvalue weighted by Crippen LogP contribution is -2.12. The molecule has 124 valence electrons. The van der Waals surface area contributed by atoms with Crippen LogP contribution in [-0.2, 0) is 10.1 Å². The second-order valence-electron chi connectivity index (χ2n) is 4.68. The van der Waals surface area contributed by atoms with Crippen molar-refractivity contribution in [2.24, 2.45) is 0 Å². The molecule has 1 heterocycles. The zero-order valence-corrected chi connectivity index (χ0v) is 16.8. The Morgan fingerprint density at radius 2 is 1.75 bits per heavy atom. The highest BCUT2D eigenvalue weighted by molar-refractivity contribution is 14.1. The highest BCUT2D eigenvalue weighted by Crippen LogP contribution is 2.34. The number of aromatic nitrogens is 1. The Hall–Kier alpha value is -1.08. The zero-order chi connectivity index (χ0) is 17.5. The highest BCUT2D eigenvalue weighted by atomic mass is 127. The largest absolute Gasteiger partial charge is 0.375 e. The summed E-state index contributed by atoms with van der Waals surface area (Å²) in [6.07, 6.45) is 1.52. The third-order valence-electron chi connectivity index (χ3n) is 3.12. The fourth-order valence-corrected chi connectivity index (χ4v) is 5.15. The predicted molar refractivity (Wildman–Crippen MR) is 101 cm³/mol. The lowest BCUT2D eigenvalue weighted by molar-refractivity contribution is 0.480. The van der Waals surface area contributed by atoms with Gasteiger partial charge in [-0.15, -0.1) is 0 Å².